The molecule has 112 valence electrons. The summed E-state index contributed by atoms with van der Waals surface area (Å²) in [6.07, 6.45) is 6.07. The average molecular weight is 290 g/mol. The summed E-state index contributed by atoms with van der Waals surface area (Å²) >= 11 is 0. The van der Waals surface area contributed by atoms with Crippen LogP contribution in [0.15, 0.2) is 27.3 Å². The molecule has 0 saturated heterocycles. The maximum absolute atomic E-state index is 11.2. The summed E-state index contributed by atoms with van der Waals surface area (Å²) < 4.78 is 10.5. The van der Waals surface area contributed by atoms with E-state index in [0.717, 1.165) is 12.8 Å². The molecule has 21 heavy (non-hydrogen) atoms. The number of rotatable bonds is 6. The standard InChI is InChI=1S/C14H18N4O3/c15-12(19)8-18(10-4-1-2-5-10)9-13-16-14(17-21-13)11-6-3-7-20-11/h3,6-7,10H,1-2,4-5,8-9H2,(H2,15,19). The van der Waals surface area contributed by atoms with Crippen LogP contribution in [0.5, 0.6) is 0 Å². The molecule has 2 aromatic rings. The molecule has 2 aromatic heterocycles. The number of hydrogen-bond donors (Lipinski definition) is 1. The summed E-state index contributed by atoms with van der Waals surface area (Å²) in [4.78, 5) is 17.6. The Hall–Kier alpha value is -2.15. The van der Waals surface area contributed by atoms with Gasteiger partial charge in [0.25, 0.3) is 0 Å². The highest BCUT2D eigenvalue weighted by Crippen LogP contribution is 2.25. The van der Waals surface area contributed by atoms with Gasteiger partial charge in [-0.2, -0.15) is 4.98 Å². The zero-order valence-corrected chi connectivity index (χ0v) is 11.7. The second-order valence-electron chi connectivity index (χ2n) is 5.30. The number of nitrogens with zero attached hydrogens (tertiary/aromatic N) is 3. The molecule has 2 heterocycles. The molecule has 3 rings (SSSR count). The minimum Gasteiger partial charge on any atom is -0.461 e. The molecule has 0 aromatic carbocycles. The molecule has 0 unspecified atom stereocenters. The number of furan rings is 1. The highest BCUT2D eigenvalue weighted by atomic mass is 16.5. The van der Waals surface area contributed by atoms with Crippen molar-refractivity contribution in [1.29, 1.82) is 0 Å². The number of primary amides is 1. The Kier molecular flexibility index (Phi) is 4.01. The van der Waals surface area contributed by atoms with Crippen molar-refractivity contribution in [2.24, 2.45) is 5.73 Å². The first-order valence-electron chi connectivity index (χ1n) is 7.11. The molecule has 7 heteroatoms. The molecule has 0 spiro atoms. The van der Waals surface area contributed by atoms with Gasteiger partial charge in [0, 0.05) is 6.04 Å². The highest BCUT2D eigenvalue weighted by molar-refractivity contribution is 5.75. The molecule has 1 saturated carbocycles. The van der Waals surface area contributed by atoms with E-state index in [4.69, 9.17) is 14.7 Å². The Morgan fingerprint density at radius 2 is 2.24 bits per heavy atom. The van der Waals surface area contributed by atoms with Crippen molar-refractivity contribution in [2.45, 2.75) is 38.3 Å². The molecule has 2 N–H and O–H groups in total. The fourth-order valence-electron chi connectivity index (χ4n) is 2.78. The van der Waals surface area contributed by atoms with Crippen LogP contribution in [0.3, 0.4) is 0 Å². The number of amides is 1. The van der Waals surface area contributed by atoms with Crippen molar-refractivity contribution in [2.75, 3.05) is 6.54 Å². The predicted molar refractivity (Wildman–Crippen MR) is 73.9 cm³/mol. The predicted octanol–water partition coefficient (Wildman–Crippen LogP) is 1.56. The second-order valence-corrected chi connectivity index (χ2v) is 5.30. The molecular formula is C14H18N4O3. The van der Waals surface area contributed by atoms with Gasteiger partial charge in [0.2, 0.25) is 17.6 Å². The van der Waals surface area contributed by atoms with E-state index in [9.17, 15) is 4.79 Å². The number of carbonyl (C=O) groups is 1. The fraction of sp³-hybridized carbons (Fsp3) is 0.500. The summed E-state index contributed by atoms with van der Waals surface area (Å²) in [5.41, 5.74) is 5.33. The van der Waals surface area contributed by atoms with Gasteiger partial charge in [-0.25, -0.2) is 0 Å². The third-order valence-corrected chi connectivity index (χ3v) is 3.75. The van der Waals surface area contributed by atoms with Gasteiger partial charge >= 0.3 is 0 Å². The van der Waals surface area contributed by atoms with E-state index in [1.807, 2.05) is 4.90 Å². The molecule has 0 atom stereocenters. The van der Waals surface area contributed by atoms with Crippen molar-refractivity contribution in [1.82, 2.24) is 15.0 Å². The first-order chi connectivity index (χ1) is 10.2. The van der Waals surface area contributed by atoms with Crippen molar-refractivity contribution < 1.29 is 13.7 Å². The lowest BCUT2D eigenvalue weighted by atomic mass is 10.2. The van der Waals surface area contributed by atoms with E-state index in [0.29, 0.717) is 30.1 Å². The van der Waals surface area contributed by atoms with Crippen LogP contribution in [0.2, 0.25) is 0 Å². The third-order valence-electron chi connectivity index (χ3n) is 3.75. The van der Waals surface area contributed by atoms with E-state index >= 15 is 0 Å². The molecule has 0 bridgehead atoms. The van der Waals surface area contributed by atoms with Crippen LogP contribution in [0, 0.1) is 0 Å². The van der Waals surface area contributed by atoms with Crippen LogP contribution >= 0.6 is 0 Å². The van der Waals surface area contributed by atoms with Crippen LogP contribution in [0.4, 0.5) is 0 Å². The molecule has 1 aliphatic carbocycles. The van der Waals surface area contributed by atoms with Crippen LogP contribution in [0.25, 0.3) is 11.6 Å². The van der Waals surface area contributed by atoms with Crippen molar-refractivity contribution in [3.8, 4) is 11.6 Å². The van der Waals surface area contributed by atoms with Gasteiger partial charge in [-0.15, -0.1) is 0 Å². The molecule has 1 aliphatic rings. The van der Waals surface area contributed by atoms with E-state index < -0.39 is 0 Å². The summed E-state index contributed by atoms with van der Waals surface area (Å²) in [5, 5.41) is 3.89. The molecule has 0 aliphatic heterocycles. The SMILES string of the molecule is NC(=O)CN(Cc1nc(-c2ccco2)no1)C1CCCC1. The smallest absolute Gasteiger partial charge is 0.241 e. The lowest BCUT2D eigenvalue weighted by Gasteiger charge is -2.25. The second kappa shape index (κ2) is 6.09. The zero-order chi connectivity index (χ0) is 14.7. The molecule has 1 fully saturated rings. The number of aromatic nitrogens is 2. The van der Waals surface area contributed by atoms with E-state index in [2.05, 4.69) is 10.1 Å². The van der Waals surface area contributed by atoms with Gasteiger partial charge in [0.1, 0.15) is 0 Å². The number of nitrogens with two attached hydrogens (primary N) is 1. The average Bonchev–Trinajstić information content (AvgIpc) is 3.20. The van der Waals surface area contributed by atoms with Gasteiger partial charge < -0.3 is 14.7 Å². The van der Waals surface area contributed by atoms with Gasteiger partial charge in [-0.3, -0.25) is 9.69 Å². The quantitative estimate of drug-likeness (QED) is 0.866. The Labute approximate surface area is 122 Å². The lowest BCUT2D eigenvalue weighted by Crippen LogP contribution is -2.39. The van der Waals surface area contributed by atoms with E-state index in [1.54, 1.807) is 18.4 Å². The maximum atomic E-state index is 11.2. The molecule has 1 amide bonds. The molecular weight excluding hydrogens is 272 g/mol. The summed E-state index contributed by atoms with van der Waals surface area (Å²) in [6, 6.07) is 3.90. The largest absolute Gasteiger partial charge is 0.461 e. The Balaban J connectivity index is 1.71. The summed E-state index contributed by atoms with van der Waals surface area (Å²) in [5.74, 6) is 1.11. The van der Waals surface area contributed by atoms with Gasteiger partial charge in [0.15, 0.2) is 5.76 Å². The summed E-state index contributed by atoms with van der Waals surface area (Å²) in [7, 11) is 0. The zero-order valence-electron chi connectivity index (χ0n) is 11.7. The van der Waals surface area contributed by atoms with E-state index in [1.165, 1.54) is 12.8 Å². The van der Waals surface area contributed by atoms with Crippen molar-refractivity contribution in [3.05, 3.63) is 24.3 Å². The monoisotopic (exact) mass is 290 g/mol. The molecule has 0 radical (unpaired) electrons. The van der Waals surface area contributed by atoms with Gasteiger partial charge in [-0.05, 0) is 25.0 Å². The number of carbonyl (C=O) groups excluding carboxylic acids is 1. The topological polar surface area (TPSA) is 98.4 Å². The minimum absolute atomic E-state index is 0.211. The van der Waals surface area contributed by atoms with Crippen LogP contribution in [-0.4, -0.2) is 33.5 Å². The normalized spacial score (nSPS) is 15.9. The van der Waals surface area contributed by atoms with Gasteiger partial charge in [-0.1, -0.05) is 18.0 Å². The molecule has 7 nitrogen and oxygen atoms in total. The third kappa shape index (κ3) is 3.30. The first-order valence-corrected chi connectivity index (χ1v) is 7.11. The van der Waals surface area contributed by atoms with Gasteiger partial charge in [0.05, 0.1) is 19.4 Å². The first kappa shape index (κ1) is 13.8. The maximum Gasteiger partial charge on any atom is 0.241 e. The minimum atomic E-state index is -0.340. The Bertz CT molecular complexity index is 587. The van der Waals surface area contributed by atoms with Crippen LogP contribution in [-0.2, 0) is 11.3 Å². The fourth-order valence-corrected chi connectivity index (χ4v) is 2.78. The number of hydrogen-bond acceptors (Lipinski definition) is 6. The highest BCUT2D eigenvalue weighted by Gasteiger charge is 2.25. The summed E-state index contributed by atoms with van der Waals surface area (Å²) in [6.45, 7) is 0.643. The van der Waals surface area contributed by atoms with E-state index in [-0.39, 0.29) is 12.5 Å². The lowest BCUT2D eigenvalue weighted by molar-refractivity contribution is -0.119. The van der Waals surface area contributed by atoms with Crippen LogP contribution in [0.1, 0.15) is 31.6 Å². The van der Waals surface area contributed by atoms with Crippen LogP contribution < -0.4 is 5.73 Å². The van der Waals surface area contributed by atoms with Crippen molar-refractivity contribution in [3.63, 3.8) is 0 Å². The Morgan fingerprint density at radius 1 is 1.43 bits per heavy atom. The Morgan fingerprint density at radius 3 is 2.90 bits per heavy atom. The van der Waals surface area contributed by atoms with Crippen molar-refractivity contribution >= 4 is 5.91 Å².